The maximum absolute atomic E-state index is 13.2. The molecule has 0 amide bonds. The third kappa shape index (κ3) is 2.94. The Morgan fingerprint density at radius 2 is 1.96 bits per heavy atom. The van der Waals surface area contributed by atoms with E-state index in [1.807, 2.05) is 23.6 Å². The van der Waals surface area contributed by atoms with E-state index in [1.54, 1.807) is 22.9 Å². The summed E-state index contributed by atoms with van der Waals surface area (Å²) in [5, 5.41) is 12.6. The van der Waals surface area contributed by atoms with Crippen molar-refractivity contribution in [3.8, 4) is 5.75 Å². The summed E-state index contributed by atoms with van der Waals surface area (Å²) >= 11 is 0. The minimum Gasteiger partial charge on any atom is -0.508 e. The summed E-state index contributed by atoms with van der Waals surface area (Å²) in [6.07, 6.45) is 6.10. The predicted octanol–water partition coefficient (Wildman–Crippen LogP) is 2.89. The molecule has 1 aliphatic carbocycles. The molecule has 0 saturated heterocycles. The largest absolute Gasteiger partial charge is 0.508 e. The van der Waals surface area contributed by atoms with E-state index in [9.17, 15) is 9.90 Å². The number of aromatic hydroxyl groups is 1. The van der Waals surface area contributed by atoms with Gasteiger partial charge >= 0.3 is 5.69 Å². The average molecular weight is 353 g/mol. The molecule has 7 nitrogen and oxygen atoms in total. The number of hydrogen-bond donors (Lipinski definition) is 2. The molecule has 1 aromatic carbocycles. The molecule has 0 aliphatic heterocycles. The standard InChI is InChI=1S/C19H23N5O2/c1-2-20-18-21-11-16-17(22-18)23(12-13-7-9-15(25)10-8-13)19(26)24(16)14-5-3-4-6-14/h7-11,14,25H,2-6,12H2,1H3,(H,20,21,22). The fourth-order valence-corrected chi connectivity index (χ4v) is 3.74. The third-order valence-corrected chi connectivity index (χ3v) is 5.00. The number of imidazole rings is 1. The van der Waals surface area contributed by atoms with Crippen LogP contribution in [0, 0.1) is 0 Å². The number of nitrogens with one attached hydrogen (secondary N) is 1. The normalized spacial score (nSPS) is 15.0. The van der Waals surface area contributed by atoms with Gasteiger partial charge in [0.15, 0.2) is 5.65 Å². The molecule has 136 valence electrons. The van der Waals surface area contributed by atoms with Crippen LogP contribution in [0.25, 0.3) is 11.2 Å². The second kappa shape index (κ2) is 6.82. The highest BCUT2D eigenvalue weighted by atomic mass is 16.3. The lowest BCUT2D eigenvalue weighted by Crippen LogP contribution is -2.27. The van der Waals surface area contributed by atoms with E-state index in [-0.39, 0.29) is 17.5 Å². The van der Waals surface area contributed by atoms with Crippen LogP contribution in [0.3, 0.4) is 0 Å². The maximum Gasteiger partial charge on any atom is 0.330 e. The Balaban J connectivity index is 1.85. The lowest BCUT2D eigenvalue weighted by molar-refractivity contribution is 0.475. The van der Waals surface area contributed by atoms with Crippen molar-refractivity contribution >= 4 is 17.1 Å². The van der Waals surface area contributed by atoms with E-state index in [0.717, 1.165) is 43.3 Å². The second-order valence-corrected chi connectivity index (χ2v) is 6.78. The molecule has 2 heterocycles. The van der Waals surface area contributed by atoms with Crippen LogP contribution in [0.4, 0.5) is 5.95 Å². The van der Waals surface area contributed by atoms with Gasteiger partial charge in [-0.25, -0.2) is 9.78 Å². The quantitative estimate of drug-likeness (QED) is 0.737. The summed E-state index contributed by atoms with van der Waals surface area (Å²) in [4.78, 5) is 22.2. The summed E-state index contributed by atoms with van der Waals surface area (Å²) in [7, 11) is 0. The van der Waals surface area contributed by atoms with Crippen LogP contribution in [0.15, 0.2) is 35.3 Å². The molecule has 4 rings (SSSR count). The molecule has 0 atom stereocenters. The number of benzene rings is 1. The van der Waals surface area contributed by atoms with Gasteiger partial charge in [-0.2, -0.15) is 4.98 Å². The predicted molar refractivity (Wildman–Crippen MR) is 101 cm³/mol. The van der Waals surface area contributed by atoms with E-state index in [2.05, 4.69) is 15.3 Å². The van der Waals surface area contributed by atoms with E-state index < -0.39 is 0 Å². The summed E-state index contributed by atoms with van der Waals surface area (Å²) in [6.45, 7) is 3.12. The number of fused-ring (bicyclic) bond motifs is 1. The smallest absolute Gasteiger partial charge is 0.330 e. The lowest BCUT2D eigenvalue weighted by Gasteiger charge is -2.10. The zero-order valence-electron chi connectivity index (χ0n) is 14.9. The molecule has 2 N–H and O–H groups in total. The first-order valence-electron chi connectivity index (χ1n) is 9.17. The molecule has 3 aromatic rings. The van der Waals surface area contributed by atoms with Gasteiger partial charge in [-0.1, -0.05) is 25.0 Å². The van der Waals surface area contributed by atoms with Gasteiger partial charge in [-0.3, -0.25) is 9.13 Å². The molecule has 7 heteroatoms. The first-order chi connectivity index (χ1) is 12.7. The zero-order chi connectivity index (χ0) is 18.1. The Hall–Kier alpha value is -2.83. The number of rotatable bonds is 5. The third-order valence-electron chi connectivity index (χ3n) is 5.00. The fraction of sp³-hybridized carbons (Fsp3) is 0.421. The zero-order valence-corrected chi connectivity index (χ0v) is 14.9. The van der Waals surface area contributed by atoms with Gasteiger partial charge in [0.1, 0.15) is 11.3 Å². The summed E-state index contributed by atoms with van der Waals surface area (Å²) in [5.74, 6) is 0.745. The molecule has 26 heavy (non-hydrogen) atoms. The van der Waals surface area contributed by atoms with Gasteiger partial charge in [0.05, 0.1) is 12.7 Å². The molecule has 1 saturated carbocycles. The van der Waals surface area contributed by atoms with Crippen LogP contribution in [-0.4, -0.2) is 30.8 Å². The highest BCUT2D eigenvalue weighted by molar-refractivity contribution is 5.72. The maximum atomic E-state index is 13.2. The van der Waals surface area contributed by atoms with E-state index in [4.69, 9.17) is 0 Å². The number of nitrogens with zero attached hydrogens (tertiary/aromatic N) is 4. The Morgan fingerprint density at radius 3 is 2.65 bits per heavy atom. The number of phenols is 1. The second-order valence-electron chi connectivity index (χ2n) is 6.78. The minimum atomic E-state index is -0.0390. The highest BCUT2D eigenvalue weighted by Gasteiger charge is 2.24. The Kier molecular flexibility index (Phi) is 4.36. The summed E-state index contributed by atoms with van der Waals surface area (Å²) in [5.41, 5.74) is 2.35. The van der Waals surface area contributed by atoms with Crippen LogP contribution >= 0.6 is 0 Å². The van der Waals surface area contributed by atoms with Gasteiger partial charge in [0.2, 0.25) is 5.95 Å². The Morgan fingerprint density at radius 1 is 1.23 bits per heavy atom. The first kappa shape index (κ1) is 16.6. The fourth-order valence-electron chi connectivity index (χ4n) is 3.74. The first-order valence-corrected chi connectivity index (χ1v) is 9.17. The molecular formula is C19H23N5O2. The summed E-state index contributed by atoms with van der Waals surface area (Å²) < 4.78 is 3.58. The van der Waals surface area contributed by atoms with Crippen molar-refractivity contribution in [1.82, 2.24) is 19.1 Å². The van der Waals surface area contributed by atoms with E-state index >= 15 is 0 Å². The monoisotopic (exact) mass is 353 g/mol. The molecular weight excluding hydrogens is 330 g/mol. The highest BCUT2D eigenvalue weighted by Crippen LogP contribution is 2.31. The molecule has 1 fully saturated rings. The van der Waals surface area contributed by atoms with Crippen LogP contribution in [0.1, 0.15) is 44.2 Å². The molecule has 0 bridgehead atoms. The van der Waals surface area contributed by atoms with Crippen molar-refractivity contribution in [3.63, 3.8) is 0 Å². The average Bonchev–Trinajstić information content (AvgIpc) is 3.24. The van der Waals surface area contributed by atoms with Crippen molar-refractivity contribution in [2.75, 3.05) is 11.9 Å². The Labute approximate surface area is 151 Å². The van der Waals surface area contributed by atoms with E-state index in [0.29, 0.717) is 18.1 Å². The Bertz CT molecular complexity index is 968. The molecule has 2 aromatic heterocycles. The van der Waals surface area contributed by atoms with Crippen LogP contribution in [0.2, 0.25) is 0 Å². The summed E-state index contributed by atoms with van der Waals surface area (Å²) in [6, 6.07) is 7.14. The van der Waals surface area contributed by atoms with Crippen molar-refractivity contribution in [2.24, 2.45) is 0 Å². The van der Waals surface area contributed by atoms with Gasteiger partial charge < -0.3 is 10.4 Å². The topological polar surface area (TPSA) is 85.0 Å². The molecule has 1 aliphatic rings. The lowest BCUT2D eigenvalue weighted by atomic mass is 10.2. The van der Waals surface area contributed by atoms with Gasteiger partial charge in [-0.15, -0.1) is 0 Å². The van der Waals surface area contributed by atoms with Gasteiger partial charge in [0.25, 0.3) is 0 Å². The number of anilines is 1. The van der Waals surface area contributed by atoms with Crippen molar-refractivity contribution < 1.29 is 5.11 Å². The van der Waals surface area contributed by atoms with Crippen molar-refractivity contribution in [2.45, 2.75) is 45.2 Å². The molecule has 0 radical (unpaired) electrons. The van der Waals surface area contributed by atoms with Crippen molar-refractivity contribution in [1.29, 1.82) is 0 Å². The van der Waals surface area contributed by atoms with Crippen LogP contribution in [-0.2, 0) is 6.54 Å². The number of aromatic nitrogens is 4. The number of hydrogen-bond acceptors (Lipinski definition) is 5. The molecule has 0 spiro atoms. The van der Waals surface area contributed by atoms with Gasteiger partial charge in [0, 0.05) is 12.6 Å². The van der Waals surface area contributed by atoms with E-state index in [1.165, 1.54) is 0 Å². The van der Waals surface area contributed by atoms with Crippen molar-refractivity contribution in [3.05, 3.63) is 46.5 Å². The van der Waals surface area contributed by atoms with Crippen LogP contribution < -0.4 is 11.0 Å². The van der Waals surface area contributed by atoms with Gasteiger partial charge in [-0.05, 0) is 37.5 Å². The minimum absolute atomic E-state index is 0.0390. The molecule has 0 unspecified atom stereocenters. The SMILES string of the molecule is CCNc1ncc2c(n1)n(Cc1ccc(O)cc1)c(=O)n2C1CCCC1. The van der Waals surface area contributed by atoms with Crippen LogP contribution in [0.5, 0.6) is 5.75 Å². The number of phenolic OH excluding ortho intramolecular Hbond substituents is 1.